The summed E-state index contributed by atoms with van der Waals surface area (Å²) in [6.07, 6.45) is -0.284. The van der Waals surface area contributed by atoms with Gasteiger partial charge in [0.25, 0.3) is 11.8 Å². The van der Waals surface area contributed by atoms with Gasteiger partial charge in [0.1, 0.15) is 5.60 Å². The first-order valence-electron chi connectivity index (χ1n) is 13.9. The average molecular weight is 595 g/mol. The predicted octanol–water partition coefficient (Wildman–Crippen LogP) is 1.83. The molecule has 43 heavy (non-hydrogen) atoms. The summed E-state index contributed by atoms with van der Waals surface area (Å²) >= 11 is 0. The molecule has 0 bridgehead atoms. The summed E-state index contributed by atoms with van der Waals surface area (Å²) in [7, 11) is 1.49. The highest BCUT2D eigenvalue weighted by molar-refractivity contribution is 5.75. The van der Waals surface area contributed by atoms with Gasteiger partial charge in [-0.15, -0.1) is 5.92 Å². The molecule has 15 nitrogen and oxygen atoms in total. The normalized spacial score (nSPS) is 18.1. The van der Waals surface area contributed by atoms with Gasteiger partial charge in [0.05, 0.1) is 13.1 Å². The predicted molar refractivity (Wildman–Crippen MR) is 158 cm³/mol. The van der Waals surface area contributed by atoms with Crippen molar-refractivity contribution in [3.05, 3.63) is 55.2 Å². The smallest absolute Gasteiger partial charge is 0.407 e. The van der Waals surface area contributed by atoms with Crippen LogP contribution in [0, 0.1) is 22.0 Å². The molecule has 15 heteroatoms. The molecule has 2 aromatic heterocycles. The van der Waals surface area contributed by atoms with Crippen LogP contribution < -0.4 is 31.2 Å². The number of carbonyl (C=O) groups excluding carboxylic acids is 1. The zero-order chi connectivity index (χ0) is 31.1. The van der Waals surface area contributed by atoms with Crippen molar-refractivity contribution in [2.24, 2.45) is 7.05 Å². The first kappa shape index (κ1) is 29.5. The van der Waals surface area contributed by atoms with Crippen LogP contribution in [-0.2, 0) is 24.9 Å². The number of carbonyl (C=O) groups is 1. The molecule has 0 aliphatic carbocycles. The second kappa shape index (κ2) is 11.3. The van der Waals surface area contributed by atoms with Crippen LogP contribution >= 0.6 is 0 Å². The van der Waals surface area contributed by atoms with Crippen LogP contribution in [0.15, 0.2) is 33.9 Å². The highest BCUT2D eigenvalue weighted by atomic mass is 16.7. The van der Waals surface area contributed by atoms with E-state index in [2.05, 4.69) is 17.2 Å². The third-order valence-corrected chi connectivity index (χ3v) is 7.21. The van der Waals surface area contributed by atoms with Crippen LogP contribution in [0.3, 0.4) is 0 Å². The zero-order valence-corrected chi connectivity index (χ0v) is 24.7. The van der Waals surface area contributed by atoms with Crippen molar-refractivity contribution in [2.45, 2.75) is 71.5 Å². The molecule has 2 aliphatic rings. The van der Waals surface area contributed by atoms with Crippen molar-refractivity contribution in [1.29, 1.82) is 0 Å². The second-order valence-corrected chi connectivity index (χ2v) is 11.4. The van der Waals surface area contributed by atoms with E-state index in [4.69, 9.17) is 14.5 Å². The number of hydrogen-bond acceptors (Lipinski definition) is 9. The Hall–Kier alpha value is -5.00. The van der Waals surface area contributed by atoms with Crippen molar-refractivity contribution in [3.63, 3.8) is 0 Å². The molecule has 1 amide bonds. The number of piperidine rings is 1. The van der Waals surface area contributed by atoms with Gasteiger partial charge in [-0.2, -0.15) is 4.98 Å². The molecule has 1 fully saturated rings. The Balaban J connectivity index is 1.53. The van der Waals surface area contributed by atoms with Gasteiger partial charge >= 0.3 is 11.8 Å². The lowest BCUT2D eigenvalue weighted by Gasteiger charge is -2.34. The van der Waals surface area contributed by atoms with Crippen LogP contribution in [0.25, 0.3) is 11.2 Å². The highest BCUT2D eigenvalue weighted by Gasteiger charge is 2.40. The molecule has 2 aliphatic heterocycles. The molecule has 2 atom stereocenters. The Labute approximate surface area is 246 Å². The Morgan fingerprint density at radius 1 is 1.26 bits per heavy atom. The number of nitrogens with zero attached hydrogens (tertiary/aromatic N) is 7. The van der Waals surface area contributed by atoms with E-state index in [9.17, 15) is 24.5 Å². The molecule has 2 unspecified atom stereocenters. The number of nitrogens with one attached hydrogen (secondary N) is 1. The summed E-state index contributed by atoms with van der Waals surface area (Å²) in [6.45, 7) is 7.77. The van der Waals surface area contributed by atoms with Crippen molar-refractivity contribution in [1.82, 2.24) is 24.0 Å². The van der Waals surface area contributed by atoms with Crippen molar-refractivity contribution < 1.29 is 19.3 Å². The fraction of sp³-hybridized carbons (Fsp3) is 0.500. The third-order valence-electron chi connectivity index (χ3n) is 7.21. The number of aromatic nitrogens is 4. The van der Waals surface area contributed by atoms with E-state index in [1.54, 1.807) is 50.5 Å². The number of nitro groups is 1. The number of hydrogen-bond donors (Lipinski definition) is 1. The number of para-hydroxylation sites is 2. The number of alkyl carbamates (subject to hydrolysis) is 1. The lowest BCUT2D eigenvalue weighted by atomic mass is 10.1. The number of anilines is 2. The first-order valence-corrected chi connectivity index (χ1v) is 13.9. The van der Waals surface area contributed by atoms with Gasteiger partial charge in [0.2, 0.25) is 5.95 Å². The van der Waals surface area contributed by atoms with Crippen molar-refractivity contribution in [2.75, 3.05) is 23.0 Å². The van der Waals surface area contributed by atoms with Gasteiger partial charge in [-0.3, -0.25) is 18.5 Å². The topological polar surface area (TPSA) is 159 Å². The van der Waals surface area contributed by atoms with Crippen LogP contribution in [-0.4, -0.2) is 60.8 Å². The monoisotopic (exact) mass is 594 g/mol. The minimum Gasteiger partial charge on any atom is -0.460 e. The molecule has 1 aromatic carbocycles. The number of aryl methyl sites for hydroxylation is 1. The van der Waals surface area contributed by atoms with E-state index in [0.717, 1.165) is 22.4 Å². The molecule has 228 valence electrons. The van der Waals surface area contributed by atoms with E-state index in [0.29, 0.717) is 19.0 Å². The molecule has 5 rings (SSSR count). The van der Waals surface area contributed by atoms with Gasteiger partial charge in [-0.1, -0.05) is 18.1 Å². The van der Waals surface area contributed by atoms with E-state index in [1.165, 1.54) is 17.7 Å². The highest BCUT2D eigenvalue weighted by Crippen LogP contribution is 2.37. The number of fused-ring (bicyclic) bond motifs is 2. The largest absolute Gasteiger partial charge is 0.460 e. The summed E-state index contributed by atoms with van der Waals surface area (Å²) in [4.78, 5) is 58.5. The van der Waals surface area contributed by atoms with Gasteiger partial charge in [-0.25, -0.2) is 19.7 Å². The minimum absolute atomic E-state index is 0.114. The number of amides is 1. The van der Waals surface area contributed by atoms with E-state index in [-0.39, 0.29) is 35.2 Å². The van der Waals surface area contributed by atoms with Crippen molar-refractivity contribution in [3.8, 4) is 17.6 Å². The quantitative estimate of drug-likeness (QED) is 0.253. The molecule has 0 saturated carbocycles. The first-order chi connectivity index (χ1) is 20.4. The van der Waals surface area contributed by atoms with E-state index in [1.807, 2.05) is 4.90 Å². The Bertz CT molecular complexity index is 1760. The van der Waals surface area contributed by atoms with Gasteiger partial charge in [0.15, 0.2) is 27.6 Å². The zero-order valence-electron chi connectivity index (χ0n) is 24.7. The fourth-order valence-corrected chi connectivity index (χ4v) is 5.38. The molecular weight excluding hydrogens is 560 g/mol. The summed E-state index contributed by atoms with van der Waals surface area (Å²) < 4.78 is 15.0. The summed E-state index contributed by atoms with van der Waals surface area (Å²) in [5.74, 6) is 6.52. The number of hydrazine groups is 1. The standard InChI is InChI=1S/C28H34N8O7/c1-6-7-15-33-22-23(30-25(33)32-14-10-11-18(16-32)29-26(38)43-28(2,3)4)31(5)27(39)34(24(22)37)17-21-35(36(40)41)19-12-8-9-13-20(19)42-21/h8-9,12-13,18,21H,10-11,14-17H2,1-5H3,(H,29,38). The Morgan fingerprint density at radius 3 is 2.70 bits per heavy atom. The van der Waals surface area contributed by atoms with Crippen LogP contribution in [0.5, 0.6) is 5.75 Å². The minimum atomic E-state index is -1.23. The van der Waals surface area contributed by atoms with E-state index >= 15 is 0 Å². The van der Waals surface area contributed by atoms with Crippen molar-refractivity contribution >= 4 is 28.9 Å². The molecule has 3 aromatic rings. The summed E-state index contributed by atoms with van der Waals surface area (Å²) in [6, 6.07) is 6.21. The van der Waals surface area contributed by atoms with Crippen LogP contribution in [0.1, 0.15) is 40.5 Å². The number of rotatable bonds is 6. The third kappa shape index (κ3) is 5.72. The second-order valence-electron chi connectivity index (χ2n) is 11.4. The Morgan fingerprint density at radius 2 is 2.00 bits per heavy atom. The number of ether oxygens (including phenoxy) is 2. The molecule has 0 spiro atoms. The van der Waals surface area contributed by atoms with Crippen LogP contribution in [0.4, 0.5) is 16.4 Å². The summed E-state index contributed by atoms with van der Waals surface area (Å²) in [5.41, 5.74) is -1.49. The molecule has 4 heterocycles. The lowest BCUT2D eigenvalue weighted by molar-refractivity contribution is -0.504. The summed E-state index contributed by atoms with van der Waals surface area (Å²) in [5, 5.41) is 15.0. The Kier molecular flexibility index (Phi) is 7.78. The van der Waals surface area contributed by atoms with Gasteiger partial charge in [-0.05, 0) is 57.7 Å². The van der Waals surface area contributed by atoms with Gasteiger partial charge < -0.3 is 19.7 Å². The number of imidazole rings is 1. The molecular formula is C28H34N8O7. The molecule has 1 saturated heterocycles. The lowest BCUT2D eigenvalue weighted by Crippen LogP contribution is -2.49. The molecule has 1 N–H and O–H groups in total. The van der Waals surface area contributed by atoms with E-state index < -0.39 is 40.7 Å². The maximum absolute atomic E-state index is 14.0. The fourth-order valence-electron chi connectivity index (χ4n) is 5.38. The maximum Gasteiger partial charge on any atom is 0.407 e. The average Bonchev–Trinajstić information content (AvgIpc) is 3.51. The SMILES string of the molecule is CC#CCn1c(N2CCCC(NC(=O)OC(C)(C)C)C2)nc2c1c(=O)n(CC1Oc3ccccc3N1[N+](=O)[O-])c(=O)n2C. The maximum atomic E-state index is 14.0. The van der Waals surface area contributed by atoms with Gasteiger partial charge in [0, 0.05) is 26.2 Å². The molecule has 0 radical (unpaired) electrons. The van der Waals surface area contributed by atoms with Crippen LogP contribution in [0.2, 0.25) is 0 Å². The number of benzene rings is 1.